The number of aryl methyl sites for hydroxylation is 1. The molecule has 2 heterocycles. The molecule has 10 heteroatoms. The number of ether oxygens (including phenoxy) is 1. The van der Waals surface area contributed by atoms with Crippen molar-refractivity contribution in [1.29, 1.82) is 0 Å². The summed E-state index contributed by atoms with van der Waals surface area (Å²) in [5.74, 6) is 1.46. The van der Waals surface area contributed by atoms with Gasteiger partial charge in [-0.1, -0.05) is 41.3 Å². The molecule has 0 aliphatic heterocycles. The van der Waals surface area contributed by atoms with Crippen LogP contribution in [-0.2, 0) is 17.8 Å². The number of rotatable bonds is 9. The highest BCUT2D eigenvalue weighted by Crippen LogP contribution is 2.25. The molecule has 0 bridgehead atoms. The van der Waals surface area contributed by atoms with E-state index in [1.807, 2.05) is 42.7 Å². The van der Waals surface area contributed by atoms with E-state index in [1.165, 1.54) is 23.1 Å². The van der Waals surface area contributed by atoms with E-state index >= 15 is 0 Å². The molecule has 0 saturated heterocycles. The summed E-state index contributed by atoms with van der Waals surface area (Å²) in [5, 5.41) is 20.8. The molecule has 152 valence electrons. The molecule has 0 unspecified atom stereocenters. The number of aromatic nitrogens is 5. The largest absolute Gasteiger partial charge is 0.497 e. The third-order valence-corrected chi connectivity index (χ3v) is 5.87. The van der Waals surface area contributed by atoms with Crippen LogP contribution < -0.4 is 10.1 Å². The predicted octanol–water partition coefficient (Wildman–Crippen LogP) is 3.34. The second kappa shape index (κ2) is 9.66. The summed E-state index contributed by atoms with van der Waals surface area (Å²) in [6.45, 7) is 8.05. The Morgan fingerprint density at radius 2 is 2.07 bits per heavy atom. The first kappa shape index (κ1) is 21.0. The lowest BCUT2D eigenvalue weighted by Gasteiger charge is -2.12. The van der Waals surface area contributed by atoms with Crippen LogP contribution in [0.5, 0.6) is 5.75 Å². The average Bonchev–Trinajstić information content (AvgIpc) is 3.29. The van der Waals surface area contributed by atoms with Gasteiger partial charge in [-0.15, -0.1) is 27.0 Å². The maximum Gasteiger partial charge on any atom is 0.239 e. The zero-order valence-corrected chi connectivity index (χ0v) is 18.1. The van der Waals surface area contributed by atoms with Crippen molar-refractivity contribution in [3.63, 3.8) is 0 Å². The monoisotopic (exact) mass is 430 g/mol. The van der Waals surface area contributed by atoms with Crippen LogP contribution in [0.2, 0.25) is 0 Å². The lowest BCUT2D eigenvalue weighted by atomic mass is 10.1. The Morgan fingerprint density at radius 1 is 1.31 bits per heavy atom. The van der Waals surface area contributed by atoms with Crippen molar-refractivity contribution in [2.75, 3.05) is 12.4 Å². The molecule has 1 atom stereocenters. The third-order valence-electron chi connectivity index (χ3n) is 4.03. The van der Waals surface area contributed by atoms with Crippen molar-refractivity contribution < 1.29 is 9.53 Å². The van der Waals surface area contributed by atoms with Crippen LogP contribution in [0.3, 0.4) is 0 Å². The topological polar surface area (TPSA) is 94.8 Å². The van der Waals surface area contributed by atoms with Gasteiger partial charge >= 0.3 is 0 Å². The fraction of sp³-hybridized carbons (Fsp3) is 0.316. The standard InChI is InChI=1S/C19H22N6O2S2/c1-5-10-25-16(11-14-6-8-15(27-4)9-7-14)22-24-19(25)28-12(2)17(26)20-18-23-21-13(3)29-18/h5-9,12H,1,10-11H2,2-4H3,(H,20,23,26)/t12-/m0/s1. The first-order valence-corrected chi connectivity index (χ1v) is 10.6. The fourth-order valence-corrected chi connectivity index (χ4v) is 4.01. The average molecular weight is 431 g/mol. The normalized spacial score (nSPS) is 11.8. The van der Waals surface area contributed by atoms with Gasteiger partial charge in [0.25, 0.3) is 0 Å². The highest BCUT2D eigenvalue weighted by molar-refractivity contribution is 8.00. The minimum atomic E-state index is -0.374. The molecule has 0 fully saturated rings. The number of benzene rings is 1. The molecule has 29 heavy (non-hydrogen) atoms. The second-order valence-electron chi connectivity index (χ2n) is 6.20. The van der Waals surface area contributed by atoms with E-state index < -0.39 is 0 Å². The Balaban J connectivity index is 1.71. The fourth-order valence-electron chi connectivity index (χ4n) is 2.54. The molecule has 0 aliphatic rings. The Morgan fingerprint density at radius 3 is 2.69 bits per heavy atom. The Kier molecular flexibility index (Phi) is 6.99. The number of methoxy groups -OCH3 is 1. The number of thioether (sulfide) groups is 1. The van der Waals surface area contributed by atoms with Crippen LogP contribution in [0.4, 0.5) is 5.13 Å². The highest BCUT2D eigenvalue weighted by Gasteiger charge is 2.21. The van der Waals surface area contributed by atoms with Crippen LogP contribution in [0.1, 0.15) is 23.3 Å². The summed E-state index contributed by atoms with van der Waals surface area (Å²) in [5.41, 5.74) is 1.09. The first-order chi connectivity index (χ1) is 14.0. The molecular weight excluding hydrogens is 408 g/mol. The van der Waals surface area contributed by atoms with Gasteiger partial charge in [0, 0.05) is 13.0 Å². The number of amides is 1. The van der Waals surface area contributed by atoms with Gasteiger partial charge in [-0.25, -0.2) is 0 Å². The predicted molar refractivity (Wildman–Crippen MR) is 115 cm³/mol. The summed E-state index contributed by atoms with van der Waals surface area (Å²) in [6.07, 6.45) is 2.41. The van der Waals surface area contributed by atoms with Crippen molar-refractivity contribution in [3.05, 3.63) is 53.3 Å². The van der Waals surface area contributed by atoms with Gasteiger partial charge in [0.2, 0.25) is 11.0 Å². The summed E-state index contributed by atoms with van der Waals surface area (Å²) in [4.78, 5) is 12.5. The molecule has 2 aromatic heterocycles. The van der Waals surface area contributed by atoms with Gasteiger partial charge < -0.3 is 9.30 Å². The number of nitrogens with zero attached hydrogens (tertiary/aromatic N) is 5. The van der Waals surface area contributed by atoms with Crippen molar-refractivity contribution in [3.8, 4) is 5.75 Å². The molecule has 1 N–H and O–H groups in total. The number of carbonyl (C=O) groups is 1. The van der Waals surface area contributed by atoms with Crippen molar-refractivity contribution >= 4 is 34.1 Å². The summed E-state index contributed by atoms with van der Waals surface area (Å²) in [7, 11) is 1.64. The molecule has 3 aromatic rings. The molecule has 3 rings (SSSR count). The van der Waals surface area contributed by atoms with E-state index in [0.29, 0.717) is 23.3 Å². The minimum absolute atomic E-state index is 0.156. The van der Waals surface area contributed by atoms with Crippen molar-refractivity contribution in [2.24, 2.45) is 0 Å². The Bertz CT molecular complexity index is 983. The third kappa shape index (κ3) is 5.42. The molecule has 0 spiro atoms. The molecule has 0 saturated carbocycles. The smallest absolute Gasteiger partial charge is 0.239 e. The highest BCUT2D eigenvalue weighted by atomic mass is 32.2. The Labute approximate surface area is 177 Å². The van der Waals surface area contributed by atoms with E-state index in [0.717, 1.165) is 22.1 Å². The van der Waals surface area contributed by atoms with Crippen molar-refractivity contribution in [2.45, 2.75) is 37.2 Å². The van der Waals surface area contributed by atoms with E-state index in [2.05, 4.69) is 32.3 Å². The van der Waals surface area contributed by atoms with Gasteiger partial charge in [0.15, 0.2) is 5.16 Å². The maximum absolute atomic E-state index is 12.5. The van der Waals surface area contributed by atoms with Crippen LogP contribution in [0, 0.1) is 6.92 Å². The van der Waals surface area contributed by atoms with Gasteiger partial charge in [0.1, 0.15) is 16.6 Å². The van der Waals surface area contributed by atoms with Gasteiger partial charge in [-0.05, 0) is 31.5 Å². The molecule has 0 radical (unpaired) electrons. The van der Waals surface area contributed by atoms with Gasteiger partial charge in [-0.2, -0.15) is 0 Å². The van der Waals surface area contributed by atoms with Gasteiger partial charge in [-0.3, -0.25) is 10.1 Å². The SMILES string of the molecule is C=CCn1c(Cc2ccc(OC)cc2)nnc1S[C@@H](C)C(=O)Nc1nnc(C)s1. The maximum atomic E-state index is 12.5. The summed E-state index contributed by atoms with van der Waals surface area (Å²) >= 11 is 2.69. The first-order valence-electron chi connectivity index (χ1n) is 8.93. The summed E-state index contributed by atoms with van der Waals surface area (Å²) in [6, 6.07) is 7.83. The molecular formula is C19H22N6O2S2. The van der Waals surface area contributed by atoms with E-state index in [-0.39, 0.29) is 11.2 Å². The van der Waals surface area contributed by atoms with Crippen LogP contribution >= 0.6 is 23.1 Å². The number of carbonyl (C=O) groups excluding carboxylic acids is 1. The number of hydrogen-bond acceptors (Lipinski definition) is 8. The van der Waals surface area contributed by atoms with E-state index in [9.17, 15) is 4.79 Å². The summed E-state index contributed by atoms with van der Waals surface area (Å²) < 4.78 is 7.17. The molecule has 1 aromatic carbocycles. The van der Waals surface area contributed by atoms with Crippen molar-refractivity contribution in [1.82, 2.24) is 25.0 Å². The molecule has 0 aliphatic carbocycles. The zero-order valence-electron chi connectivity index (χ0n) is 16.5. The number of allylic oxidation sites excluding steroid dienone is 1. The second-order valence-corrected chi connectivity index (χ2v) is 8.69. The Hall–Kier alpha value is -2.72. The van der Waals surface area contributed by atoms with Crippen LogP contribution in [0.25, 0.3) is 0 Å². The van der Waals surface area contributed by atoms with Crippen LogP contribution in [0.15, 0.2) is 42.1 Å². The zero-order chi connectivity index (χ0) is 20.8. The van der Waals surface area contributed by atoms with E-state index in [1.54, 1.807) is 13.2 Å². The number of nitrogens with one attached hydrogen (secondary N) is 1. The van der Waals surface area contributed by atoms with Gasteiger partial charge in [0.05, 0.1) is 12.4 Å². The minimum Gasteiger partial charge on any atom is -0.497 e. The number of hydrogen-bond donors (Lipinski definition) is 1. The lowest BCUT2D eigenvalue weighted by Crippen LogP contribution is -2.23. The van der Waals surface area contributed by atoms with Crippen LogP contribution in [-0.4, -0.2) is 43.2 Å². The molecule has 1 amide bonds. The lowest BCUT2D eigenvalue weighted by molar-refractivity contribution is -0.115. The van der Waals surface area contributed by atoms with E-state index in [4.69, 9.17) is 4.74 Å². The number of anilines is 1. The quantitative estimate of drug-likeness (QED) is 0.411. The molecule has 8 nitrogen and oxygen atoms in total.